The third-order valence-corrected chi connectivity index (χ3v) is 9.16. The highest BCUT2D eigenvalue weighted by molar-refractivity contribution is 7.89. The van der Waals surface area contributed by atoms with E-state index >= 15 is 0 Å². The van der Waals surface area contributed by atoms with Crippen LogP contribution in [0.2, 0.25) is 0 Å². The van der Waals surface area contributed by atoms with Gasteiger partial charge in [0.15, 0.2) is 6.29 Å². The van der Waals surface area contributed by atoms with E-state index in [4.69, 9.17) is 18.6 Å². The molecule has 3 heterocycles. The van der Waals surface area contributed by atoms with E-state index in [0.717, 1.165) is 12.0 Å². The second-order valence-corrected chi connectivity index (χ2v) is 12.8. The molecule has 2 N–H and O–H groups in total. The summed E-state index contributed by atoms with van der Waals surface area (Å²) in [7, 11) is -3.97. The van der Waals surface area contributed by atoms with E-state index in [1.807, 2.05) is 44.2 Å². The third kappa shape index (κ3) is 6.50. The molecule has 0 bridgehead atoms. The summed E-state index contributed by atoms with van der Waals surface area (Å²) in [6, 6.07) is 15.0. The monoisotopic (exact) mass is 572 g/mol. The van der Waals surface area contributed by atoms with Gasteiger partial charge in [-0.3, -0.25) is 0 Å². The molecule has 2 aliphatic heterocycles. The topological polar surface area (TPSA) is 128 Å². The second kappa shape index (κ2) is 12.3. The van der Waals surface area contributed by atoms with Gasteiger partial charge < -0.3 is 29.1 Å². The molecule has 1 amide bonds. The Morgan fingerprint density at radius 1 is 1.12 bits per heavy atom. The van der Waals surface area contributed by atoms with Crippen LogP contribution in [0.3, 0.4) is 0 Å². The SMILES string of the molecule is CC(C)CN(C[C@@H](O)[C@H](Cc1ccccc1)NC(=O)OC1COC2OCCC12)S(=O)(=O)c1ccc2occc2c1. The molecule has 1 aromatic heterocycles. The van der Waals surface area contributed by atoms with Crippen LogP contribution in [0.4, 0.5) is 4.79 Å². The number of carbonyl (C=O) groups is 1. The fourth-order valence-electron chi connectivity index (χ4n) is 5.29. The zero-order valence-corrected chi connectivity index (χ0v) is 23.5. The summed E-state index contributed by atoms with van der Waals surface area (Å²) in [5.74, 6) is -0.0310. The zero-order valence-electron chi connectivity index (χ0n) is 22.6. The minimum Gasteiger partial charge on any atom is -0.464 e. The van der Waals surface area contributed by atoms with Gasteiger partial charge in [0.1, 0.15) is 11.7 Å². The van der Waals surface area contributed by atoms with E-state index in [9.17, 15) is 18.3 Å². The predicted molar refractivity (Wildman–Crippen MR) is 147 cm³/mol. The number of hydrogen-bond acceptors (Lipinski definition) is 8. The first kappa shape index (κ1) is 28.6. The van der Waals surface area contributed by atoms with Crippen molar-refractivity contribution in [2.45, 2.75) is 56.1 Å². The lowest BCUT2D eigenvalue weighted by Crippen LogP contribution is -2.51. The maximum atomic E-state index is 13.8. The van der Waals surface area contributed by atoms with Gasteiger partial charge in [0.05, 0.1) is 42.4 Å². The predicted octanol–water partition coefficient (Wildman–Crippen LogP) is 3.54. The smallest absolute Gasteiger partial charge is 0.407 e. The number of benzene rings is 2. The van der Waals surface area contributed by atoms with Crippen LogP contribution in [-0.2, 0) is 30.7 Å². The number of carbonyl (C=O) groups excluding carboxylic acids is 1. The quantitative estimate of drug-likeness (QED) is 0.357. The fourth-order valence-corrected chi connectivity index (χ4v) is 6.95. The van der Waals surface area contributed by atoms with Gasteiger partial charge in [-0.1, -0.05) is 44.2 Å². The molecule has 5 atom stereocenters. The number of ether oxygens (including phenoxy) is 3. The van der Waals surface area contributed by atoms with Crippen LogP contribution in [0.25, 0.3) is 11.0 Å². The summed E-state index contributed by atoms with van der Waals surface area (Å²) in [6.07, 6.45) is -0.189. The Morgan fingerprint density at radius 2 is 1.93 bits per heavy atom. The number of nitrogens with one attached hydrogen (secondary N) is 1. The van der Waals surface area contributed by atoms with Crippen LogP contribution in [0.1, 0.15) is 25.8 Å². The normalized spacial score (nSPS) is 22.5. The maximum Gasteiger partial charge on any atom is 0.407 e. The highest BCUT2D eigenvalue weighted by Crippen LogP contribution is 2.33. The molecule has 2 aromatic carbocycles. The van der Waals surface area contributed by atoms with Gasteiger partial charge >= 0.3 is 6.09 Å². The number of hydrogen-bond donors (Lipinski definition) is 2. The summed E-state index contributed by atoms with van der Waals surface area (Å²) in [6.45, 7) is 4.60. The second-order valence-electron chi connectivity index (χ2n) is 10.8. The van der Waals surface area contributed by atoms with Gasteiger partial charge in [-0.2, -0.15) is 4.31 Å². The highest BCUT2D eigenvalue weighted by atomic mass is 32.2. The molecule has 0 spiro atoms. The Balaban J connectivity index is 1.34. The number of aliphatic hydroxyl groups is 1. The summed E-state index contributed by atoms with van der Waals surface area (Å²) in [5.41, 5.74) is 1.46. The van der Waals surface area contributed by atoms with Crippen molar-refractivity contribution < 1.29 is 36.9 Å². The van der Waals surface area contributed by atoms with Crippen LogP contribution < -0.4 is 5.32 Å². The Labute approximate surface area is 234 Å². The number of fused-ring (bicyclic) bond motifs is 2. The lowest BCUT2D eigenvalue weighted by atomic mass is 10.0. The number of nitrogens with zero attached hydrogens (tertiary/aromatic N) is 1. The average Bonchev–Trinajstić information content (AvgIpc) is 3.66. The van der Waals surface area contributed by atoms with Crippen molar-refractivity contribution in [3.05, 3.63) is 66.4 Å². The van der Waals surface area contributed by atoms with Crippen molar-refractivity contribution in [2.24, 2.45) is 11.8 Å². The van der Waals surface area contributed by atoms with Crippen molar-refractivity contribution >= 4 is 27.1 Å². The molecule has 11 heteroatoms. The van der Waals surface area contributed by atoms with Crippen molar-refractivity contribution in [3.8, 4) is 0 Å². The molecule has 3 unspecified atom stereocenters. The van der Waals surface area contributed by atoms with Gasteiger partial charge in [-0.05, 0) is 48.6 Å². The first-order valence-electron chi connectivity index (χ1n) is 13.6. The van der Waals surface area contributed by atoms with E-state index in [0.29, 0.717) is 17.6 Å². The average molecular weight is 573 g/mol. The number of amides is 1. The number of alkyl carbamates (subject to hydrolysis) is 1. The molecule has 216 valence electrons. The molecule has 5 rings (SSSR count). The molecule has 2 fully saturated rings. The van der Waals surface area contributed by atoms with Crippen LogP contribution in [-0.4, -0.2) is 74.8 Å². The first-order valence-corrected chi connectivity index (χ1v) is 15.0. The molecule has 0 radical (unpaired) electrons. The van der Waals surface area contributed by atoms with Crippen molar-refractivity contribution in [3.63, 3.8) is 0 Å². The number of aliphatic hydroxyl groups excluding tert-OH is 1. The molecule has 40 heavy (non-hydrogen) atoms. The Bertz CT molecular complexity index is 1390. The van der Waals surface area contributed by atoms with Gasteiger partial charge in [-0.25, -0.2) is 13.2 Å². The third-order valence-electron chi connectivity index (χ3n) is 7.33. The molecule has 2 saturated heterocycles. The number of rotatable bonds is 11. The van der Waals surface area contributed by atoms with Gasteiger partial charge in [0, 0.05) is 18.5 Å². The van der Waals surface area contributed by atoms with E-state index in [2.05, 4.69) is 5.32 Å². The lowest BCUT2D eigenvalue weighted by molar-refractivity contribution is -0.0907. The van der Waals surface area contributed by atoms with Crippen molar-refractivity contribution in [2.75, 3.05) is 26.3 Å². The summed E-state index contributed by atoms with van der Waals surface area (Å²) in [4.78, 5) is 13.1. The van der Waals surface area contributed by atoms with Gasteiger partial charge in [0.2, 0.25) is 10.0 Å². The number of furan rings is 1. The van der Waals surface area contributed by atoms with Crippen LogP contribution in [0.5, 0.6) is 0 Å². The largest absolute Gasteiger partial charge is 0.464 e. The summed E-state index contributed by atoms with van der Waals surface area (Å²) < 4.78 is 50.9. The molecular weight excluding hydrogens is 536 g/mol. The fraction of sp³-hybridized carbons (Fsp3) is 0.483. The molecule has 2 aliphatic rings. The molecule has 10 nitrogen and oxygen atoms in total. The standard InChI is InChI=1S/C29H36N2O8S/c1-19(2)16-31(40(34,35)22-8-9-26-21(15-22)10-12-36-26)17-25(32)24(14-20-6-4-3-5-7-20)30-29(33)39-27-18-38-28-23(27)11-13-37-28/h3-10,12,15,19,23-25,27-28,32H,11,13-14,16-18H2,1-2H3,(H,30,33)/t23?,24-,25+,27?,28?/m0/s1. The van der Waals surface area contributed by atoms with Gasteiger partial charge in [-0.15, -0.1) is 0 Å². The van der Waals surface area contributed by atoms with Crippen LogP contribution in [0.15, 0.2) is 70.2 Å². The highest BCUT2D eigenvalue weighted by Gasteiger charge is 2.44. The van der Waals surface area contributed by atoms with Crippen LogP contribution >= 0.6 is 0 Å². The van der Waals surface area contributed by atoms with E-state index < -0.39 is 34.4 Å². The minimum atomic E-state index is -3.97. The Kier molecular flexibility index (Phi) is 8.77. The first-order chi connectivity index (χ1) is 19.2. The van der Waals surface area contributed by atoms with E-state index in [1.54, 1.807) is 18.2 Å². The van der Waals surface area contributed by atoms with Gasteiger partial charge in [0.25, 0.3) is 0 Å². The van der Waals surface area contributed by atoms with E-state index in [-0.39, 0.29) is 49.1 Å². The minimum absolute atomic E-state index is 0.00549. The molecule has 3 aromatic rings. The summed E-state index contributed by atoms with van der Waals surface area (Å²) >= 11 is 0. The molecule has 0 saturated carbocycles. The number of sulfonamides is 1. The van der Waals surface area contributed by atoms with Crippen molar-refractivity contribution in [1.29, 1.82) is 0 Å². The van der Waals surface area contributed by atoms with E-state index in [1.165, 1.54) is 16.6 Å². The summed E-state index contributed by atoms with van der Waals surface area (Å²) in [5, 5.41) is 14.9. The Morgan fingerprint density at radius 3 is 2.70 bits per heavy atom. The van der Waals surface area contributed by atoms with Crippen LogP contribution in [0, 0.1) is 11.8 Å². The molecular formula is C29H36N2O8S. The Hall–Kier alpha value is -2.96. The zero-order chi connectivity index (χ0) is 28.3. The van der Waals surface area contributed by atoms with Crippen molar-refractivity contribution in [1.82, 2.24) is 9.62 Å². The lowest BCUT2D eigenvalue weighted by Gasteiger charge is -2.31. The molecule has 0 aliphatic carbocycles. The maximum absolute atomic E-state index is 13.8.